The standard InChI is InChI=1S/C17H19N5/c1-12-14(11-22(21-12)13-6-8-18-9-7-13)17-10-19-15-4-2-3-5-16(15)20-17/h2-5,10-11,13,18H,6-9H2,1H3. The van der Waals surface area contributed by atoms with Gasteiger partial charge in [0.15, 0.2) is 0 Å². The summed E-state index contributed by atoms with van der Waals surface area (Å²) >= 11 is 0. The zero-order chi connectivity index (χ0) is 14.9. The predicted octanol–water partition coefficient (Wildman–Crippen LogP) is 2.73. The summed E-state index contributed by atoms with van der Waals surface area (Å²) in [6.45, 7) is 4.17. The van der Waals surface area contributed by atoms with Crippen molar-refractivity contribution >= 4 is 11.0 Å². The Balaban J connectivity index is 1.72. The molecule has 0 radical (unpaired) electrons. The highest BCUT2D eigenvalue weighted by Gasteiger charge is 2.18. The van der Waals surface area contributed by atoms with Crippen LogP contribution in [-0.2, 0) is 0 Å². The molecule has 1 N–H and O–H groups in total. The molecule has 112 valence electrons. The van der Waals surface area contributed by atoms with E-state index in [-0.39, 0.29) is 0 Å². The molecule has 4 rings (SSSR count). The second-order valence-electron chi connectivity index (χ2n) is 5.83. The molecule has 0 atom stereocenters. The van der Waals surface area contributed by atoms with Crippen LogP contribution in [0.25, 0.3) is 22.3 Å². The molecule has 1 aliphatic heterocycles. The van der Waals surface area contributed by atoms with Crippen LogP contribution in [0.2, 0.25) is 0 Å². The average molecular weight is 293 g/mol. The van der Waals surface area contributed by atoms with Gasteiger partial charge in [0.25, 0.3) is 0 Å². The maximum absolute atomic E-state index is 4.74. The number of nitrogens with zero attached hydrogens (tertiary/aromatic N) is 4. The van der Waals surface area contributed by atoms with Gasteiger partial charge >= 0.3 is 0 Å². The third-order valence-electron chi connectivity index (χ3n) is 4.32. The molecular formula is C17H19N5. The van der Waals surface area contributed by atoms with Gasteiger partial charge in [-0.25, -0.2) is 4.98 Å². The minimum Gasteiger partial charge on any atom is -0.317 e. The van der Waals surface area contributed by atoms with Gasteiger partial charge in [-0.3, -0.25) is 9.67 Å². The first-order valence-corrected chi connectivity index (χ1v) is 7.80. The normalized spacial score (nSPS) is 16.2. The lowest BCUT2D eigenvalue weighted by Gasteiger charge is -2.22. The number of aromatic nitrogens is 4. The van der Waals surface area contributed by atoms with E-state index in [0.29, 0.717) is 6.04 Å². The molecule has 1 saturated heterocycles. The van der Waals surface area contributed by atoms with E-state index in [0.717, 1.165) is 53.9 Å². The summed E-state index contributed by atoms with van der Waals surface area (Å²) < 4.78 is 2.11. The third-order valence-corrected chi connectivity index (χ3v) is 4.32. The molecule has 5 heteroatoms. The maximum Gasteiger partial charge on any atom is 0.0927 e. The Labute approximate surface area is 129 Å². The second-order valence-corrected chi connectivity index (χ2v) is 5.83. The van der Waals surface area contributed by atoms with Crippen LogP contribution in [0.4, 0.5) is 0 Å². The van der Waals surface area contributed by atoms with E-state index >= 15 is 0 Å². The van der Waals surface area contributed by atoms with E-state index in [9.17, 15) is 0 Å². The van der Waals surface area contributed by atoms with Crippen molar-refractivity contribution in [3.63, 3.8) is 0 Å². The van der Waals surface area contributed by atoms with Crippen molar-refractivity contribution in [3.8, 4) is 11.3 Å². The van der Waals surface area contributed by atoms with Crippen molar-refractivity contribution in [2.24, 2.45) is 0 Å². The molecule has 1 aliphatic rings. The Morgan fingerprint density at radius 1 is 1.14 bits per heavy atom. The van der Waals surface area contributed by atoms with Crippen molar-refractivity contribution in [2.45, 2.75) is 25.8 Å². The second kappa shape index (κ2) is 5.50. The van der Waals surface area contributed by atoms with E-state index in [2.05, 4.69) is 21.2 Å². The molecular weight excluding hydrogens is 274 g/mol. The van der Waals surface area contributed by atoms with Gasteiger partial charge in [0, 0.05) is 11.8 Å². The van der Waals surface area contributed by atoms with Crippen LogP contribution in [0.1, 0.15) is 24.6 Å². The van der Waals surface area contributed by atoms with Crippen LogP contribution < -0.4 is 5.32 Å². The Bertz CT molecular complexity index is 802. The highest BCUT2D eigenvalue weighted by molar-refractivity contribution is 5.77. The van der Waals surface area contributed by atoms with Crippen LogP contribution in [-0.4, -0.2) is 32.8 Å². The van der Waals surface area contributed by atoms with E-state index in [1.54, 1.807) is 0 Å². The molecule has 0 saturated carbocycles. The zero-order valence-electron chi connectivity index (χ0n) is 12.7. The number of nitrogens with one attached hydrogen (secondary N) is 1. The molecule has 0 unspecified atom stereocenters. The molecule has 5 nitrogen and oxygen atoms in total. The predicted molar refractivity (Wildman–Crippen MR) is 86.6 cm³/mol. The van der Waals surface area contributed by atoms with Gasteiger partial charge < -0.3 is 5.32 Å². The SMILES string of the molecule is Cc1nn(C2CCNCC2)cc1-c1cnc2ccccc2n1. The number of benzene rings is 1. The van der Waals surface area contributed by atoms with Gasteiger partial charge in [-0.15, -0.1) is 0 Å². The van der Waals surface area contributed by atoms with Crippen LogP contribution in [0, 0.1) is 6.92 Å². The van der Waals surface area contributed by atoms with Crippen molar-refractivity contribution in [3.05, 3.63) is 42.4 Å². The van der Waals surface area contributed by atoms with Gasteiger partial charge in [-0.05, 0) is 45.0 Å². The van der Waals surface area contributed by atoms with Gasteiger partial charge in [0.05, 0.1) is 34.7 Å². The van der Waals surface area contributed by atoms with Crippen molar-refractivity contribution in [1.82, 2.24) is 25.1 Å². The van der Waals surface area contributed by atoms with E-state index in [1.165, 1.54) is 0 Å². The molecule has 22 heavy (non-hydrogen) atoms. The van der Waals surface area contributed by atoms with E-state index < -0.39 is 0 Å². The first-order chi connectivity index (χ1) is 10.8. The van der Waals surface area contributed by atoms with E-state index in [4.69, 9.17) is 10.1 Å². The molecule has 1 aromatic carbocycles. The van der Waals surface area contributed by atoms with Crippen LogP contribution in [0.5, 0.6) is 0 Å². The minimum atomic E-state index is 0.488. The van der Waals surface area contributed by atoms with Gasteiger partial charge in [-0.2, -0.15) is 5.10 Å². The molecule has 0 bridgehead atoms. The fourth-order valence-electron chi connectivity index (χ4n) is 3.08. The Kier molecular flexibility index (Phi) is 3.35. The molecule has 0 aliphatic carbocycles. The monoisotopic (exact) mass is 293 g/mol. The first-order valence-electron chi connectivity index (χ1n) is 7.80. The molecule has 3 aromatic rings. The smallest absolute Gasteiger partial charge is 0.0927 e. The molecule has 0 amide bonds. The molecule has 0 spiro atoms. The quantitative estimate of drug-likeness (QED) is 0.789. The summed E-state index contributed by atoms with van der Waals surface area (Å²) in [4.78, 5) is 9.25. The number of hydrogen-bond donors (Lipinski definition) is 1. The topological polar surface area (TPSA) is 55.6 Å². The van der Waals surface area contributed by atoms with E-state index in [1.807, 2.05) is 37.4 Å². The largest absolute Gasteiger partial charge is 0.317 e. The lowest BCUT2D eigenvalue weighted by atomic mass is 10.1. The van der Waals surface area contributed by atoms with Gasteiger partial charge in [0.1, 0.15) is 0 Å². The number of aryl methyl sites for hydroxylation is 1. The minimum absolute atomic E-state index is 0.488. The van der Waals surface area contributed by atoms with Crippen LogP contribution in [0.3, 0.4) is 0 Å². The highest BCUT2D eigenvalue weighted by Crippen LogP contribution is 2.26. The van der Waals surface area contributed by atoms with Gasteiger partial charge in [-0.1, -0.05) is 12.1 Å². The summed E-state index contributed by atoms with van der Waals surface area (Å²) in [5, 5.41) is 8.11. The molecule has 2 aromatic heterocycles. The summed E-state index contributed by atoms with van der Waals surface area (Å²) in [6, 6.07) is 8.45. The Morgan fingerprint density at radius 3 is 2.73 bits per heavy atom. The lowest BCUT2D eigenvalue weighted by molar-refractivity contribution is 0.342. The third kappa shape index (κ3) is 2.37. The van der Waals surface area contributed by atoms with Crippen LogP contribution in [0.15, 0.2) is 36.7 Å². The number of piperidine rings is 1. The van der Waals surface area contributed by atoms with Crippen molar-refractivity contribution in [1.29, 1.82) is 0 Å². The Morgan fingerprint density at radius 2 is 1.91 bits per heavy atom. The Hall–Kier alpha value is -2.27. The average Bonchev–Trinajstić information content (AvgIpc) is 2.97. The fraction of sp³-hybridized carbons (Fsp3) is 0.353. The maximum atomic E-state index is 4.74. The van der Waals surface area contributed by atoms with Crippen LogP contribution >= 0.6 is 0 Å². The summed E-state index contributed by atoms with van der Waals surface area (Å²) in [7, 11) is 0. The summed E-state index contributed by atoms with van der Waals surface area (Å²) in [5.74, 6) is 0. The fourth-order valence-corrected chi connectivity index (χ4v) is 3.08. The number of fused-ring (bicyclic) bond motifs is 1. The number of rotatable bonds is 2. The summed E-state index contributed by atoms with van der Waals surface area (Å²) in [6.07, 6.45) is 6.23. The van der Waals surface area contributed by atoms with Crippen molar-refractivity contribution < 1.29 is 0 Å². The zero-order valence-corrected chi connectivity index (χ0v) is 12.7. The van der Waals surface area contributed by atoms with Gasteiger partial charge in [0.2, 0.25) is 0 Å². The van der Waals surface area contributed by atoms with Crippen molar-refractivity contribution in [2.75, 3.05) is 13.1 Å². The lowest BCUT2D eigenvalue weighted by Crippen LogP contribution is -2.29. The first kappa shape index (κ1) is 13.4. The number of hydrogen-bond acceptors (Lipinski definition) is 4. The summed E-state index contributed by atoms with van der Waals surface area (Å²) in [5.41, 5.74) is 4.85. The highest BCUT2D eigenvalue weighted by atomic mass is 15.3. The number of para-hydroxylation sites is 2. The molecule has 1 fully saturated rings. The molecule has 3 heterocycles.